The lowest BCUT2D eigenvalue weighted by Gasteiger charge is -2.40. The van der Waals surface area contributed by atoms with Gasteiger partial charge in [-0.1, -0.05) is 12.1 Å². The first-order valence-electron chi connectivity index (χ1n) is 9.35. The summed E-state index contributed by atoms with van der Waals surface area (Å²) in [4.78, 5) is 34.2. The summed E-state index contributed by atoms with van der Waals surface area (Å²) >= 11 is 0. The number of H-pyrrole nitrogens is 1. The highest BCUT2D eigenvalue weighted by Crippen LogP contribution is 2.09. The minimum atomic E-state index is -0.332. The van der Waals surface area contributed by atoms with Crippen LogP contribution in [0.25, 0.3) is 10.9 Å². The first-order valence-corrected chi connectivity index (χ1v) is 9.35. The number of aliphatic imine (C=N–C) groups is 1. The van der Waals surface area contributed by atoms with Gasteiger partial charge in [-0.2, -0.15) is 0 Å². The molecule has 0 radical (unpaired) electrons. The van der Waals surface area contributed by atoms with Crippen molar-refractivity contribution < 1.29 is 0 Å². The summed E-state index contributed by atoms with van der Waals surface area (Å²) < 4.78 is 1.31. The lowest BCUT2D eigenvalue weighted by Crippen LogP contribution is -2.52. The summed E-state index contributed by atoms with van der Waals surface area (Å²) in [5.74, 6) is 0. The van der Waals surface area contributed by atoms with Gasteiger partial charge < -0.3 is 9.88 Å². The smallest absolute Gasteiger partial charge is 0.307 e. The minimum absolute atomic E-state index is 0.211. The Labute approximate surface area is 157 Å². The van der Waals surface area contributed by atoms with Crippen LogP contribution in [0, 0.1) is 0 Å². The van der Waals surface area contributed by atoms with Crippen molar-refractivity contribution in [2.75, 3.05) is 39.4 Å². The molecule has 8 heteroatoms. The number of benzene rings is 1. The lowest BCUT2D eigenvalue weighted by molar-refractivity contribution is -0.0199. The molecule has 2 aliphatic heterocycles. The van der Waals surface area contributed by atoms with Crippen LogP contribution in [0.3, 0.4) is 0 Å². The third kappa shape index (κ3) is 3.86. The Morgan fingerprint density at radius 2 is 1.85 bits per heavy atom. The second-order valence-electron chi connectivity index (χ2n) is 6.84. The molecule has 1 fully saturated rings. The molecule has 0 bridgehead atoms. The molecule has 2 aromatic rings. The van der Waals surface area contributed by atoms with E-state index >= 15 is 0 Å². The molecule has 8 nitrogen and oxygen atoms in total. The molecule has 0 spiro atoms. The van der Waals surface area contributed by atoms with Crippen molar-refractivity contribution >= 4 is 17.1 Å². The SMILES string of the molecule is O=c1[nH]c2ccccc2c(=O)n1CCCN1CCN(N2C=CC=NC2)CC1. The van der Waals surface area contributed by atoms with Gasteiger partial charge in [0.05, 0.1) is 10.9 Å². The van der Waals surface area contributed by atoms with Crippen molar-refractivity contribution in [3.63, 3.8) is 0 Å². The van der Waals surface area contributed by atoms with E-state index in [0.29, 0.717) is 24.1 Å². The van der Waals surface area contributed by atoms with Crippen LogP contribution in [0.2, 0.25) is 0 Å². The molecular formula is C19H24N6O2. The predicted octanol–water partition coefficient (Wildman–Crippen LogP) is 0.470. The fourth-order valence-corrected chi connectivity index (χ4v) is 3.63. The topological polar surface area (TPSA) is 76.9 Å². The van der Waals surface area contributed by atoms with E-state index in [1.165, 1.54) is 4.57 Å². The second-order valence-corrected chi connectivity index (χ2v) is 6.84. The number of nitrogens with zero attached hydrogens (tertiary/aromatic N) is 5. The van der Waals surface area contributed by atoms with Crippen LogP contribution in [0.1, 0.15) is 6.42 Å². The summed E-state index contributed by atoms with van der Waals surface area (Å²) in [6.07, 6.45) is 6.61. The number of piperazine rings is 1. The van der Waals surface area contributed by atoms with E-state index in [4.69, 9.17) is 0 Å². The highest BCUT2D eigenvalue weighted by Gasteiger charge is 2.20. The van der Waals surface area contributed by atoms with Crippen molar-refractivity contribution in [3.05, 3.63) is 57.4 Å². The van der Waals surface area contributed by atoms with Crippen LogP contribution in [0.15, 0.2) is 51.1 Å². The van der Waals surface area contributed by atoms with Gasteiger partial charge >= 0.3 is 5.69 Å². The molecule has 0 aliphatic carbocycles. The molecule has 0 unspecified atom stereocenters. The zero-order chi connectivity index (χ0) is 18.6. The van der Waals surface area contributed by atoms with Crippen LogP contribution < -0.4 is 11.2 Å². The molecule has 2 aliphatic rings. The van der Waals surface area contributed by atoms with Gasteiger partial charge in [0.2, 0.25) is 0 Å². The number of aromatic amines is 1. The Bertz CT molecular complexity index is 968. The maximum Gasteiger partial charge on any atom is 0.328 e. The van der Waals surface area contributed by atoms with Gasteiger partial charge in [-0.25, -0.2) is 9.80 Å². The third-order valence-corrected chi connectivity index (χ3v) is 5.13. The first-order chi connectivity index (χ1) is 13.2. The van der Waals surface area contributed by atoms with Gasteiger partial charge in [-0.05, 0) is 31.2 Å². The summed E-state index contributed by atoms with van der Waals surface area (Å²) in [5.41, 5.74) is 0.0496. The monoisotopic (exact) mass is 368 g/mol. The van der Waals surface area contributed by atoms with Crippen molar-refractivity contribution in [1.82, 2.24) is 24.5 Å². The molecule has 1 aromatic carbocycles. The standard InChI is InChI=1S/C19H24N6O2/c26-18-16-5-1-2-6-17(16)21-19(27)25(18)10-4-8-22-11-13-23(14-12-22)24-9-3-7-20-15-24/h1-3,5-7,9H,4,8,10-15H2,(H,21,27). The Morgan fingerprint density at radius 1 is 1.04 bits per heavy atom. The van der Waals surface area contributed by atoms with E-state index in [1.807, 2.05) is 24.4 Å². The fourth-order valence-electron chi connectivity index (χ4n) is 3.63. The number of aromatic nitrogens is 2. The molecule has 1 saturated heterocycles. The molecule has 1 aromatic heterocycles. The van der Waals surface area contributed by atoms with E-state index < -0.39 is 0 Å². The van der Waals surface area contributed by atoms with Crippen LogP contribution >= 0.6 is 0 Å². The van der Waals surface area contributed by atoms with Gasteiger partial charge in [-0.15, -0.1) is 0 Å². The predicted molar refractivity (Wildman–Crippen MR) is 106 cm³/mol. The van der Waals surface area contributed by atoms with Crippen LogP contribution in [-0.4, -0.2) is 70.1 Å². The molecule has 3 heterocycles. The number of nitrogens with one attached hydrogen (secondary N) is 1. The largest absolute Gasteiger partial charge is 0.328 e. The summed E-state index contributed by atoms with van der Waals surface area (Å²) in [5, 5.41) is 5.01. The maximum atomic E-state index is 12.5. The van der Waals surface area contributed by atoms with Crippen LogP contribution in [0.4, 0.5) is 0 Å². The summed E-state index contributed by atoms with van der Waals surface area (Å²) in [6.45, 7) is 5.84. The van der Waals surface area contributed by atoms with Gasteiger partial charge in [-0.3, -0.25) is 19.4 Å². The van der Waals surface area contributed by atoms with Gasteiger partial charge in [0.25, 0.3) is 5.56 Å². The number of fused-ring (bicyclic) bond motifs is 1. The molecule has 142 valence electrons. The third-order valence-electron chi connectivity index (χ3n) is 5.13. The zero-order valence-electron chi connectivity index (χ0n) is 15.3. The Kier molecular flexibility index (Phi) is 5.17. The number of para-hydroxylation sites is 1. The lowest BCUT2D eigenvalue weighted by atomic mass is 10.2. The van der Waals surface area contributed by atoms with E-state index in [0.717, 1.165) is 39.1 Å². The quantitative estimate of drug-likeness (QED) is 0.830. The van der Waals surface area contributed by atoms with Gasteiger partial charge in [0, 0.05) is 45.1 Å². The number of hydrazine groups is 1. The molecule has 0 saturated carbocycles. The molecular weight excluding hydrogens is 344 g/mol. The normalized spacial score (nSPS) is 18.4. The Morgan fingerprint density at radius 3 is 2.63 bits per heavy atom. The molecule has 1 N–H and O–H groups in total. The highest BCUT2D eigenvalue weighted by molar-refractivity contribution is 5.76. The van der Waals surface area contributed by atoms with Crippen molar-refractivity contribution in [2.24, 2.45) is 4.99 Å². The van der Waals surface area contributed by atoms with Crippen molar-refractivity contribution in [3.8, 4) is 0 Å². The molecule has 0 amide bonds. The second kappa shape index (κ2) is 7.89. The van der Waals surface area contributed by atoms with E-state index in [9.17, 15) is 9.59 Å². The van der Waals surface area contributed by atoms with E-state index in [-0.39, 0.29) is 11.2 Å². The average molecular weight is 368 g/mol. The fraction of sp³-hybridized carbons (Fsp3) is 0.421. The van der Waals surface area contributed by atoms with E-state index in [1.54, 1.807) is 12.1 Å². The summed E-state index contributed by atoms with van der Waals surface area (Å²) in [6, 6.07) is 7.13. The van der Waals surface area contributed by atoms with Crippen LogP contribution in [0.5, 0.6) is 0 Å². The maximum absolute atomic E-state index is 12.5. The van der Waals surface area contributed by atoms with Gasteiger partial charge in [0.15, 0.2) is 0 Å². The number of allylic oxidation sites excluding steroid dienone is 1. The first kappa shape index (κ1) is 17.7. The van der Waals surface area contributed by atoms with Gasteiger partial charge in [0.1, 0.15) is 6.67 Å². The highest BCUT2D eigenvalue weighted by atomic mass is 16.2. The average Bonchev–Trinajstić information content (AvgIpc) is 2.71. The molecule has 27 heavy (non-hydrogen) atoms. The number of rotatable bonds is 5. The van der Waals surface area contributed by atoms with Crippen LogP contribution in [-0.2, 0) is 6.54 Å². The number of hydrogen-bond acceptors (Lipinski definition) is 6. The Hall–Kier alpha value is -2.71. The Balaban J connectivity index is 1.31. The molecule has 0 atom stereocenters. The molecule has 4 rings (SSSR count). The van der Waals surface area contributed by atoms with E-state index in [2.05, 4.69) is 31.1 Å². The zero-order valence-corrected chi connectivity index (χ0v) is 15.3. The summed E-state index contributed by atoms with van der Waals surface area (Å²) in [7, 11) is 0. The minimum Gasteiger partial charge on any atom is -0.307 e. The van der Waals surface area contributed by atoms with Crippen molar-refractivity contribution in [1.29, 1.82) is 0 Å². The van der Waals surface area contributed by atoms with Crippen molar-refractivity contribution in [2.45, 2.75) is 13.0 Å². The number of hydrogen-bond donors (Lipinski definition) is 1.